The summed E-state index contributed by atoms with van der Waals surface area (Å²) in [5, 5.41) is 3.12. The van der Waals surface area contributed by atoms with Gasteiger partial charge in [-0.2, -0.15) is 0 Å². The molecular formula is C26H34N2O3. The van der Waals surface area contributed by atoms with Crippen LogP contribution in [0.2, 0.25) is 0 Å². The summed E-state index contributed by atoms with van der Waals surface area (Å²) in [6.45, 7) is 11.4. The molecule has 1 unspecified atom stereocenters. The molecule has 1 atom stereocenters. The number of amides is 2. The van der Waals surface area contributed by atoms with E-state index in [0.717, 1.165) is 24.2 Å². The van der Waals surface area contributed by atoms with Crippen LogP contribution in [-0.2, 0) is 4.79 Å². The predicted octanol–water partition coefficient (Wildman–Crippen LogP) is 4.62. The lowest BCUT2D eigenvalue weighted by Gasteiger charge is -2.34. The van der Waals surface area contributed by atoms with Crippen LogP contribution < -0.4 is 10.1 Å². The summed E-state index contributed by atoms with van der Waals surface area (Å²) in [6.07, 6.45) is 0.957. The lowest BCUT2D eigenvalue weighted by Crippen LogP contribution is -2.49. The van der Waals surface area contributed by atoms with E-state index in [4.69, 9.17) is 4.74 Å². The van der Waals surface area contributed by atoms with Gasteiger partial charge < -0.3 is 15.0 Å². The highest BCUT2D eigenvalue weighted by Crippen LogP contribution is 2.24. The third kappa shape index (κ3) is 5.66. The second-order valence-corrected chi connectivity index (χ2v) is 8.82. The quantitative estimate of drug-likeness (QED) is 0.739. The monoisotopic (exact) mass is 422 g/mol. The van der Waals surface area contributed by atoms with Crippen molar-refractivity contribution in [1.82, 2.24) is 10.2 Å². The Labute approximate surface area is 185 Å². The van der Waals surface area contributed by atoms with Crippen molar-refractivity contribution in [3.8, 4) is 5.75 Å². The van der Waals surface area contributed by atoms with Crippen LogP contribution in [0.4, 0.5) is 0 Å². The molecule has 0 spiro atoms. The van der Waals surface area contributed by atoms with Crippen LogP contribution in [0.5, 0.6) is 5.75 Å². The molecule has 166 valence electrons. The highest BCUT2D eigenvalue weighted by atomic mass is 16.5. The Bertz CT molecular complexity index is 930. The molecule has 0 bridgehead atoms. The van der Waals surface area contributed by atoms with Crippen LogP contribution in [-0.4, -0.2) is 41.9 Å². The molecule has 2 amide bonds. The third-order valence-corrected chi connectivity index (χ3v) is 6.06. The average molecular weight is 423 g/mol. The Kier molecular flexibility index (Phi) is 7.37. The van der Waals surface area contributed by atoms with Gasteiger partial charge in [0.05, 0.1) is 0 Å². The molecule has 5 nitrogen and oxygen atoms in total. The van der Waals surface area contributed by atoms with Crippen LogP contribution in [0.25, 0.3) is 0 Å². The standard InChI is InChI=1S/C26H34N2O3/c1-17(2)23-11-10-22(16-19(23)4)31-20(5)26(30)28-14-12-21(13-15-28)27-25(29)24-9-7-6-8-18(24)3/h6-11,16-17,20-21H,12-15H2,1-5H3,(H,27,29). The molecule has 3 rings (SSSR count). The first-order valence-corrected chi connectivity index (χ1v) is 11.2. The average Bonchev–Trinajstić information content (AvgIpc) is 2.73. The fourth-order valence-electron chi connectivity index (χ4n) is 4.22. The first kappa shape index (κ1) is 22.9. The van der Waals surface area contributed by atoms with Crippen molar-refractivity contribution in [2.75, 3.05) is 13.1 Å². The van der Waals surface area contributed by atoms with Crippen LogP contribution in [0.3, 0.4) is 0 Å². The Hall–Kier alpha value is -2.82. The lowest BCUT2D eigenvalue weighted by atomic mass is 9.98. The van der Waals surface area contributed by atoms with Crippen molar-refractivity contribution >= 4 is 11.8 Å². The number of likely N-dealkylation sites (tertiary alicyclic amines) is 1. The number of ether oxygens (including phenoxy) is 1. The molecule has 1 aliphatic rings. The summed E-state index contributed by atoms with van der Waals surface area (Å²) < 4.78 is 5.95. The largest absolute Gasteiger partial charge is 0.481 e. The summed E-state index contributed by atoms with van der Waals surface area (Å²) in [5.74, 6) is 1.14. The van der Waals surface area contributed by atoms with Crippen molar-refractivity contribution in [3.63, 3.8) is 0 Å². The Morgan fingerprint density at radius 3 is 2.29 bits per heavy atom. The number of hydrogen-bond donors (Lipinski definition) is 1. The maximum Gasteiger partial charge on any atom is 0.263 e. The molecular weight excluding hydrogens is 388 g/mol. The number of nitrogens with one attached hydrogen (secondary N) is 1. The summed E-state index contributed by atoms with van der Waals surface area (Å²) in [6, 6.07) is 13.7. The Morgan fingerprint density at radius 2 is 1.68 bits per heavy atom. The van der Waals surface area contributed by atoms with Gasteiger partial charge in [-0.05, 0) is 74.4 Å². The highest BCUT2D eigenvalue weighted by Gasteiger charge is 2.28. The maximum absolute atomic E-state index is 12.9. The molecule has 1 N–H and O–H groups in total. The van der Waals surface area contributed by atoms with Gasteiger partial charge in [0, 0.05) is 24.7 Å². The normalized spacial score (nSPS) is 15.6. The number of aryl methyl sites for hydroxylation is 2. The van der Waals surface area contributed by atoms with E-state index in [1.165, 1.54) is 11.1 Å². The van der Waals surface area contributed by atoms with E-state index < -0.39 is 6.10 Å². The molecule has 0 aromatic heterocycles. The van der Waals surface area contributed by atoms with Crippen molar-refractivity contribution < 1.29 is 14.3 Å². The van der Waals surface area contributed by atoms with Crippen LogP contribution in [0, 0.1) is 13.8 Å². The number of piperidine rings is 1. The van der Waals surface area contributed by atoms with E-state index in [1.807, 2.05) is 48.2 Å². The van der Waals surface area contributed by atoms with Crippen molar-refractivity contribution in [2.24, 2.45) is 0 Å². The highest BCUT2D eigenvalue weighted by molar-refractivity contribution is 5.95. The minimum atomic E-state index is -0.539. The van der Waals surface area contributed by atoms with Crippen LogP contribution >= 0.6 is 0 Å². The fraction of sp³-hybridized carbons (Fsp3) is 0.462. The molecule has 2 aromatic carbocycles. The zero-order valence-electron chi connectivity index (χ0n) is 19.3. The van der Waals surface area contributed by atoms with Gasteiger partial charge in [0.1, 0.15) is 5.75 Å². The molecule has 2 aromatic rings. The zero-order chi connectivity index (χ0) is 22.5. The van der Waals surface area contributed by atoms with Gasteiger partial charge >= 0.3 is 0 Å². The minimum Gasteiger partial charge on any atom is -0.481 e. The molecule has 5 heteroatoms. The number of benzene rings is 2. The summed E-state index contributed by atoms with van der Waals surface area (Å²) >= 11 is 0. The fourth-order valence-corrected chi connectivity index (χ4v) is 4.22. The van der Waals surface area contributed by atoms with Gasteiger partial charge in [-0.1, -0.05) is 38.1 Å². The number of carbonyl (C=O) groups excluding carboxylic acids is 2. The zero-order valence-corrected chi connectivity index (χ0v) is 19.3. The smallest absolute Gasteiger partial charge is 0.263 e. The molecule has 0 saturated carbocycles. The van der Waals surface area contributed by atoms with E-state index >= 15 is 0 Å². The van der Waals surface area contributed by atoms with E-state index in [9.17, 15) is 9.59 Å². The second kappa shape index (κ2) is 9.99. The van der Waals surface area contributed by atoms with E-state index in [2.05, 4.69) is 32.2 Å². The van der Waals surface area contributed by atoms with Crippen molar-refractivity contribution in [1.29, 1.82) is 0 Å². The maximum atomic E-state index is 12.9. The third-order valence-electron chi connectivity index (χ3n) is 6.06. The van der Waals surface area contributed by atoms with Gasteiger partial charge in [0.15, 0.2) is 6.10 Å². The van der Waals surface area contributed by atoms with Gasteiger partial charge in [-0.15, -0.1) is 0 Å². The summed E-state index contributed by atoms with van der Waals surface area (Å²) in [7, 11) is 0. The molecule has 1 aliphatic heterocycles. The molecule has 0 aliphatic carbocycles. The molecule has 1 heterocycles. The van der Waals surface area contributed by atoms with Gasteiger partial charge in [0.2, 0.25) is 0 Å². The van der Waals surface area contributed by atoms with Crippen LogP contribution in [0.1, 0.15) is 66.6 Å². The van der Waals surface area contributed by atoms with E-state index in [-0.39, 0.29) is 17.9 Å². The van der Waals surface area contributed by atoms with Crippen molar-refractivity contribution in [2.45, 2.75) is 65.5 Å². The van der Waals surface area contributed by atoms with E-state index in [1.54, 1.807) is 6.92 Å². The number of carbonyl (C=O) groups is 2. The molecule has 1 saturated heterocycles. The topological polar surface area (TPSA) is 58.6 Å². The predicted molar refractivity (Wildman–Crippen MR) is 124 cm³/mol. The molecule has 0 radical (unpaired) electrons. The first-order valence-electron chi connectivity index (χ1n) is 11.2. The first-order chi connectivity index (χ1) is 14.8. The van der Waals surface area contributed by atoms with Gasteiger partial charge in [0.25, 0.3) is 11.8 Å². The number of rotatable bonds is 6. The summed E-state index contributed by atoms with van der Waals surface area (Å²) in [4.78, 5) is 27.3. The number of hydrogen-bond acceptors (Lipinski definition) is 3. The van der Waals surface area contributed by atoms with Gasteiger partial charge in [-0.25, -0.2) is 0 Å². The lowest BCUT2D eigenvalue weighted by molar-refractivity contribution is -0.139. The Morgan fingerprint density at radius 1 is 1.00 bits per heavy atom. The van der Waals surface area contributed by atoms with Gasteiger partial charge in [-0.3, -0.25) is 9.59 Å². The van der Waals surface area contributed by atoms with Crippen molar-refractivity contribution in [3.05, 3.63) is 64.7 Å². The van der Waals surface area contributed by atoms with E-state index in [0.29, 0.717) is 24.6 Å². The Balaban J connectivity index is 1.51. The second-order valence-electron chi connectivity index (χ2n) is 8.82. The molecule has 1 fully saturated rings. The summed E-state index contributed by atoms with van der Waals surface area (Å²) in [5.41, 5.74) is 4.15. The minimum absolute atomic E-state index is 0.00531. The number of nitrogens with zero attached hydrogens (tertiary/aromatic N) is 1. The molecule has 31 heavy (non-hydrogen) atoms. The SMILES string of the molecule is Cc1ccccc1C(=O)NC1CCN(C(=O)C(C)Oc2ccc(C(C)C)c(C)c2)CC1. The van der Waals surface area contributed by atoms with Crippen LogP contribution in [0.15, 0.2) is 42.5 Å².